The van der Waals surface area contributed by atoms with Gasteiger partial charge in [-0.15, -0.1) is 0 Å². The zero-order valence-corrected chi connectivity index (χ0v) is 23.3. The Morgan fingerprint density at radius 1 is 0.786 bits per heavy atom. The summed E-state index contributed by atoms with van der Waals surface area (Å²) in [6.45, 7) is 0.372. The van der Waals surface area contributed by atoms with Crippen LogP contribution in [0.4, 0.5) is 0 Å². The number of hydrogen-bond acceptors (Lipinski definition) is 6. The number of nitrogens with one attached hydrogen (secondary N) is 2. The summed E-state index contributed by atoms with van der Waals surface area (Å²) in [6, 6.07) is 21.2. The van der Waals surface area contributed by atoms with Crippen LogP contribution in [0.3, 0.4) is 0 Å². The van der Waals surface area contributed by atoms with Crippen molar-refractivity contribution in [2.24, 2.45) is 11.5 Å². The second kappa shape index (κ2) is 14.3. The van der Waals surface area contributed by atoms with Crippen molar-refractivity contribution in [3.8, 4) is 5.75 Å². The summed E-state index contributed by atoms with van der Waals surface area (Å²) < 4.78 is 0. The molecule has 4 rings (SSSR count). The monoisotopic (exact) mass is 571 g/mol. The minimum absolute atomic E-state index is 0.117. The molecule has 0 spiro atoms. The Labute approximate surface area is 245 Å². The fourth-order valence-electron chi connectivity index (χ4n) is 5.16. The summed E-state index contributed by atoms with van der Waals surface area (Å²) in [7, 11) is 0. The van der Waals surface area contributed by atoms with Crippen LogP contribution >= 0.6 is 0 Å². The number of phenols is 1. The number of hydrogen-bond donors (Lipinski definition) is 5. The summed E-state index contributed by atoms with van der Waals surface area (Å²) in [4.78, 5) is 54.0. The maximum atomic E-state index is 13.5. The van der Waals surface area contributed by atoms with E-state index in [0.717, 1.165) is 16.7 Å². The average Bonchev–Trinajstić information content (AvgIpc) is 3.48. The van der Waals surface area contributed by atoms with Gasteiger partial charge >= 0.3 is 0 Å². The van der Waals surface area contributed by atoms with Gasteiger partial charge in [-0.05, 0) is 48.1 Å². The van der Waals surface area contributed by atoms with Crippen LogP contribution in [0.15, 0.2) is 84.9 Å². The summed E-state index contributed by atoms with van der Waals surface area (Å²) in [5.74, 6) is -1.95. The zero-order valence-electron chi connectivity index (χ0n) is 23.3. The van der Waals surface area contributed by atoms with Crippen LogP contribution in [0.2, 0.25) is 0 Å². The Morgan fingerprint density at radius 3 is 1.90 bits per heavy atom. The molecule has 0 unspecified atom stereocenters. The number of likely N-dealkylation sites (tertiary alicyclic amines) is 1. The van der Waals surface area contributed by atoms with E-state index in [1.165, 1.54) is 17.0 Å². The molecule has 220 valence electrons. The maximum Gasteiger partial charge on any atom is 0.243 e. The highest BCUT2D eigenvalue weighted by Gasteiger charge is 2.38. The molecule has 3 aromatic carbocycles. The van der Waals surface area contributed by atoms with E-state index in [9.17, 15) is 24.3 Å². The van der Waals surface area contributed by atoms with Crippen LogP contribution in [-0.2, 0) is 38.4 Å². The molecule has 4 amide bonds. The van der Waals surface area contributed by atoms with Gasteiger partial charge in [-0.25, -0.2) is 0 Å². The smallest absolute Gasteiger partial charge is 0.243 e. The fourth-order valence-corrected chi connectivity index (χ4v) is 5.16. The number of amides is 4. The van der Waals surface area contributed by atoms with Crippen LogP contribution in [-0.4, -0.2) is 64.3 Å². The number of carbonyl (C=O) groups excluding carboxylic acids is 4. The first kappa shape index (κ1) is 30.3. The van der Waals surface area contributed by atoms with E-state index in [1.54, 1.807) is 12.1 Å². The molecule has 3 aromatic rings. The van der Waals surface area contributed by atoms with Crippen molar-refractivity contribution >= 4 is 23.6 Å². The molecule has 1 fully saturated rings. The van der Waals surface area contributed by atoms with Gasteiger partial charge in [-0.1, -0.05) is 72.8 Å². The van der Waals surface area contributed by atoms with Crippen LogP contribution in [0, 0.1) is 0 Å². The SMILES string of the molecule is NC(=O)[C@@H](Cc1ccccc1)NC(=O)[C@@H](Cc1ccccc1)NC(=O)[C@@H]1CCCN1C(=O)[C@@H](N)Cc1ccc(O)cc1. The molecule has 0 aromatic heterocycles. The predicted molar refractivity (Wildman–Crippen MR) is 158 cm³/mol. The second-order valence-electron chi connectivity index (χ2n) is 10.6. The molecular weight excluding hydrogens is 534 g/mol. The lowest BCUT2D eigenvalue weighted by molar-refractivity contribution is -0.140. The van der Waals surface area contributed by atoms with Crippen molar-refractivity contribution in [2.45, 2.75) is 56.3 Å². The lowest BCUT2D eigenvalue weighted by atomic mass is 10.0. The summed E-state index contributed by atoms with van der Waals surface area (Å²) in [5, 5.41) is 15.1. The van der Waals surface area contributed by atoms with E-state index in [4.69, 9.17) is 11.5 Å². The highest BCUT2D eigenvalue weighted by molar-refractivity contribution is 5.95. The number of phenolic OH excluding ortho intramolecular Hbond substituents is 1. The molecule has 0 saturated carbocycles. The van der Waals surface area contributed by atoms with Crippen molar-refractivity contribution in [2.75, 3.05) is 6.54 Å². The third-order valence-electron chi connectivity index (χ3n) is 7.41. The topological polar surface area (TPSA) is 168 Å². The second-order valence-corrected chi connectivity index (χ2v) is 10.6. The van der Waals surface area contributed by atoms with Crippen molar-refractivity contribution in [3.05, 3.63) is 102 Å². The van der Waals surface area contributed by atoms with E-state index < -0.39 is 41.9 Å². The van der Waals surface area contributed by atoms with E-state index in [2.05, 4.69) is 10.6 Å². The van der Waals surface area contributed by atoms with E-state index in [1.807, 2.05) is 60.7 Å². The highest BCUT2D eigenvalue weighted by Crippen LogP contribution is 2.20. The van der Waals surface area contributed by atoms with Crippen LogP contribution in [0.25, 0.3) is 0 Å². The fraction of sp³-hybridized carbons (Fsp3) is 0.312. The maximum absolute atomic E-state index is 13.5. The van der Waals surface area contributed by atoms with Crippen LogP contribution in [0.5, 0.6) is 5.75 Å². The van der Waals surface area contributed by atoms with Gasteiger partial charge in [0.05, 0.1) is 6.04 Å². The minimum atomic E-state index is -1.01. The molecule has 0 aliphatic carbocycles. The first-order valence-electron chi connectivity index (χ1n) is 14.0. The first-order chi connectivity index (χ1) is 20.2. The van der Waals surface area contributed by atoms with E-state index in [0.29, 0.717) is 19.4 Å². The molecular formula is C32H37N5O5. The van der Waals surface area contributed by atoms with Gasteiger partial charge in [-0.2, -0.15) is 0 Å². The molecule has 4 atom stereocenters. The summed E-state index contributed by atoms with van der Waals surface area (Å²) >= 11 is 0. The summed E-state index contributed by atoms with van der Waals surface area (Å²) in [5.41, 5.74) is 14.3. The molecule has 10 heteroatoms. The quantitative estimate of drug-likeness (QED) is 0.219. The Kier molecular flexibility index (Phi) is 10.3. The van der Waals surface area contributed by atoms with E-state index >= 15 is 0 Å². The first-order valence-corrected chi connectivity index (χ1v) is 14.0. The number of carbonyl (C=O) groups is 4. The molecule has 1 aliphatic heterocycles. The van der Waals surface area contributed by atoms with Crippen molar-refractivity contribution in [1.82, 2.24) is 15.5 Å². The van der Waals surface area contributed by atoms with E-state index in [-0.39, 0.29) is 30.9 Å². The largest absolute Gasteiger partial charge is 0.508 e. The third kappa shape index (κ3) is 8.17. The zero-order chi connectivity index (χ0) is 30.1. The predicted octanol–water partition coefficient (Wildman–Crippen LogP) is 1.19. The number of nitrogens with zero attached hydrogens (tertiary/aromatic N) is 1. The highest BCUT2D eigenvalue weighted by atomic mass is 16.3. The molecule has 1 saturated heterocycles. The normalized spacial score (nSPS) is 16.7. The Bertz CT molecular complexity index is 1370. The van der Waals surface area contributed by atoms with Gasteiger partial charge in [0, 0.05) is 19.4 Å². The lowest BCUT2D eigenvalue weighted by Gasteiger charge is -2.29. The standard InChI is InChI=1S/C32H37N5O5/c33-25(18-23-13-15-24(38)16-14-23)32(42)37-17-7-12-28(37)31(41)36-27(20-22-10-5-2-6-11-22)30(40)35-26(29(34)39)19-21-8-3-1-4-9-21/h1-6,8-11,13-16,25-28,38H,7,12,17-20,33H2,(H2,34,39)(H,35,40)(H,36,41)/t25-,26+,27+,28-/m0/s1. The molecule has 7 N–H and O–H groups in total. The van der Waals surface area contributed by atoms with Crippen molar-refractivity contribution in [1.29, 1.82) is 0 Å². The molecule has 1 heterocycles. The summed E-state index contributed by atoms with van der Waals surface area (Å²) in [6.07, 6.45) is 1.68. The van der Waals surface area contributed by atoms with Gasteiger partial charge in [0.1, 0.15) is 23.9 Å². The molecule has 1 aliphatic rings. The number of primary amides is 1. The van der Waals surface area contributed by atoms with Gasteiger partial charge in [0.25, 0.3) is 0 Å². The van der Waals surface area contributed by atoms with Gasteiger partial charge in [0.15, 0.2) is 0 Å². The van der Waals surface area contributed by atoms with Gasteiger partial charge in [0.2, 0.25) is 23.6 Å². The molecule has 42 heavy (non-hydrogen) atoms. The Morgan fingerprint density at radius 2 is 1.33 bits per heavy atom. The Balaban J connectivity index is 1.46. The third-order valence-corrected chi connectivity index (χ3v) is 7.41. The number of nitrogens with two attached hydrogens (primary N) is 2. The van der Waals surface area contributed by atoms with Crippen LogP contribution in [0.1, 0.15) is 29.5 Å². The van der Waals surface area contributed by atoms with Crippen molar-refractivity contribution in [3.63, 3.8) is 0 Å². The van der Waals surface area contributed by atoms with Gasteiger partial charge in [-0.3, -0.25) is 19.2 Å². The molecule has 0 bridgehead atoms. The Hall–Kier alpha value is -4.70. The molecule has 10 nitrogen and oxygen atoms in total. The lowest BCUT2D eigenvalue weighted by Crippen LogP contribution is -2.58. The van der Waals surface area contributed by atoms with Gasteiger partial charge < -0.3 is 32.1 Å². The van der Waals surface area contributed by atoms with Crippen molar-refractivity contribution < 1.29 is 24.3 Å². The number of rotatable bonds is 12. The average molecular weight is 572 g/mol. The van der Waals surface area contributed by atoms with Crippen LogP contribution < -0.4 is 22.1 Å². The molecule has 0 radical (unpaired) electrons. The minimum Gasteiger partial charge on any atom is -0.508 e. The number of benzene rings is 3. The number of aromatic hydroxyl groups is 1.